The topological polar surface area (TPSA) is 65.0 Å². The minimum absolute atomic E-state index is 0.247. The quantitative estimate of drug-likeness (QED) is 0.881. The van der Waals surface area contributed by atoms with Crippen molar-refractivity contribution >= 4 is 5.78 Å². The maximum absolute atomic E-state index is 12.8. The molecule has 1 N–H and O–H groups in total. The number of aliphatic hydroxyl groups is 1. The molecule has 5 nitrogen and oxygen atoms in total. The molecule has 120 valence electrons. The maximum Gasteiger partial charge on any atom is 0.304 e. The summed E-state index contributed by atoms with van der Waals surface area (Å²) in [6.07, 6.45) is 0. The van der Waals surface area contributed by atoms with Crippen LogP contribution >= 0.6 is 0 Å². The molecule has 1 aliphatic heterocycles. The van der Waals surface area contributed by atoms with Gasteiger partial charge in [0, 0.05) is 19.8 Å². The van der Waals surface area contributed by atoms with E-state index in [4.69, 9.17) is 14.2 Å². The highest BCUT2D eigenvalue weighted by atomic mass is 16.8. The Bertz CT molecular complexity index is 739. The van der Waals surface area contributed by atoms with Crippen LogP contribution in [0.4, 0.5) is 0 Å². The molecule has 0 aromatic heterocycles. The molecule has 5 heteroatoms. The molecular weight excluding hydrogens is 296 g/mol. The summed E-state index contributed by atoms with van der Waals surface area (Å²) in [5.74, 6) is -4.36. The number of rotatable bonds is 3. The standard InChI is InChI=1S/C18H18O5/c1-12-8-10-13(11-9-12)18(22-3)17(20,21-2)16(19)14-6-4-5-7-15(14)23-18/h4-11,20H,1-3H3/t17-,18+/m0/s1. The third kappa shape index (κ3) is 2.09. The van der Waals surface area contributed by atoms with Gasteiger partial charge in [0.2, 0.25) is 5.78 Å². The fourth-order valence-electron chi connectivity index (χ4n) is 2.85. The molecule has 0 unspecified atom stereocenters. The first-order chi connectivity index (χ1) is 11.0. The van der Waals surface area contributed by atoms with E-state index in [1.165, 1.54) is 14.2 Å². The van der Waals surface area contributed by atoms with Gasteiger partial charge in [-0.05, 0) is 19.1 Å². The zero-order valence-electron chi connectivity index (χ0n) is 13.2. The number of methoxy groups -OCH3 is 2. The van der Waals surface area contributed by atoms with Crippen molar-refractivity contribution < 1.29 is 24.1 Å². The first-order valence-electron chi connectivity index (χ1n) is 7.21. The van der Waals surface area contributed by atoms with E-state index in [1.54, 1.807) is 36.4 Å². The summed E-state index contributed by atoms with van der Waals surface area (Å²) in [5, 5.41) is 11.0. The molecule has 2 aromatic rings. The van der Waals surface area contributed by atoms with E-state index < -0.39 is 17.4 Å². The van der Waals surface area contributed by atoms with Crippen LogP contribution in [0.2, 0.25) is 0 Å². The van der Waals surface area contributed by atoms with Gasteiger partial charge in [0.25, 0.3) is 5.79 Å². The summed E-state index contributed by atoms with van der Waals surface area (Å²) in [6, 6.07) is 13.9. The Labute approximate surface area is 134 Å². The highest BCUT2D eigenvalue weighted by molar-refractivity contribution is 6.05. The van der Waals surface area contributed by atoms with Gasteiger partial charge in [-0.15, -0.1) is 0 Å². The Morgan fingerprint density at radius 1 is 1.00 bits per heavy atom. The van der Waals surface area contributed by atoms with Crippen LogP contribution in [0, 0.1) is 6.92 Å². The number of Topliss-reactive ketones (excluding diaryl/α,β-unsaturated/α-hetero) is 1. The average Bonchev–Trinajstić information content (AvgIpc) is 2.59. The van der Waals surface area contributed by atoms with Crippen LogP contribution in [0.15, 0.2) is 48.5 Å². The van der Waals surface area contributed by atoms with Crippen molar-refractivity contribution in [2.75, 3.05) is 14.2 Å². The molecule has 0 bridgehead atoms. The van der Waals surface area contributed by atoms with Crippen LogP contribution in [0.3, 0.4) is 0 Å². The molecule has 3 rings (SSSR count). The van der Waals surface area contributed by atoms with Gasteiger partial charge in [0.05, 0.1) is 5.56 Å². The lowest BCUT2D eigenvalue weighted by Crippen LogP contribution is -2.64. The minimum Gasteiger partial charge on any atom is -0.451 e. The first-order valence-corrected chi connectivity index (χ1v) is 7.21. The molecule has 0 saturated carbocycles. The summed E-state index contributed by atoms with van der Waals surface area (Å²) in [4.78, 5) is 12.8. The molecule has 2 atom stereocenters. The maximum atomic E-state index is 12.8. The summed E-state index contributed by atoms with van der Waals surface area (Å²) < 4.78 is 16.7. The lowest BCUT2D eigenvalue weighted by molar-refractivity contribution is -0.346. The predicted molar refractivity (Wildman–Crippen MR) is 83.2 cm³/mol. The molecule has 0 radical (unpaired) electrons. The third-order valence-corrected chi connectivity index (χ3v) is 4.15. The zero-order chi connectivity index (χ0) is 16.7. The number of aryl methyl sites for hydroxylation is 1. The van der Waals surface area contributed by atoms with Crippen LogP contribution < -0.4 is 4.74 Å². The van der Waals surface area contributed by atoms with E-state index in [9.17, 15) is 9.90 Å². The lowest BCUT2D eigenvalue weighted by Gasteiger charge is -2.46. The highest BCUT2D eigenvalue weighted by Gasteiger charge is 2.64. The smallest absolute Gasteiger partial charge is 0.304 e. The Morgan fingerprint density at radius 2 is 1.65 bits per heavy atom. The highest BCUT2D eigenvalue weighted by Crippen LogP contribution is 2.46. The van der Waals surface area contributed by atoms with Gasteiger partial charge in [-0.25, -0.2) is 0 Å². The normalized spacial score (nSPS) is 26.5. The molecule has 1 aliphatic rings. The van der Waals surface area contributed by atoms with E-state index in [1.807, 2.05) is 19.1 Å². The number of benzene rings is 2. The van der Waals surface area contributed by atoms with E-state index in [-0.39, 0.29) is 5.56 Å². The zero-order valence-corrected chi connectivity index (χ0v) is 13.2. The van der Waals surface area contributed by atoms with Crippen LogP contribution in [0.5, 0.6) is 5.75 Å². The van der Waals surface area contributed by atoms with Gasteiger partial charge in [0.15, 0.2) is 0 Å². The molecule has 23 heavy (non-hydrogen) atoms. The number of hydrogen-bond acceptors (Lipinski definition) is 5. The van der Waals surface area contributed by atoms with E-state index in [2.05, 4.69) is 0 Å². The summed E-state index contributed by atoms with van der Waals surface area (Å²) >= 11 is 0. The number of ketones is 1. The SMILES string of the molecule is CO[C@]1(c2ccc(C)cc2)Oc2ccccc2C(=O)[C@]1(O)OC. The molecule has 2 aromatic carbocycles. The summed E-state index contributed by atoms with van der Waals surface area (Å²) in [6.45, 7) is 1.94. The predicted octanol–water partition coefficient (Wildman–Crippen LogP) is 2.40. The Kier molecular flexibility index (Phi) is 3.72. The fraction of sp³-hybridized carbons (Fsp3) is 0.278. The second kappa shape index (κ2) is 5.45. The third-order valence-electron chi connectivity index (χ3n) is 4.15. The molecule has 1 heterocycles. The van der Waals surface area contributed by atoms with Crippen LogP contribution in [0.1, 0.15) is 21.5 Å². The van der Waals surface area contributed by atoms with Crippen molar-refractivity contribution in [2.45, 2.75) is 18.5 Å². The largest absolute Gasteiger partial charge is 0.451 e. The number of para-hydroxylation sites is 1. The van der Waals surface area contributed by atoms with Crippen molar-refractivity contribution in [3.8, 4) is 5.75 Å². The number of fused-ring (bicyclic) bond motifs is 1. The average molecular weight is 314 g/mol. The summed E-state index contributed by atoms with van der Waals surface area (Å²) in [7, 11) is 2.61. The molecule has 0 saturated heterocycles. The van der Waals surface area contributed by atoms with Crippen molar-refractivity contribution in [2.24, 2.45) is 0 Å². The number of carbonyl (C=O) groups is 1. The monoisotopic (exact) mass is 314 g/mol. The van der Waals surface area contributed by atoms with Crippen LogP contribution in [0.25, 0.3) is 0 Å². The second-order valence-corrected chi connectivity index (χ2v) is 5.46. The van der Waals surface area contributed by atoms with Crippen LogP contribution in [-0.2, 0) is 15.3 Å². The van der Waals surface area contributed by atoms with Gasteiger partial charge in [-0.3, -0.25) is 4.79 Å². The van der Waals surface area contributed by atoms with Gasteiger partial charge in [-0.2, -0.15) is 0 Å². The van der Waals surface area contributed by atoms with Crippen LogP contribution in [-0.4, -0.2) is 30.9 Å². The van der Waals surface area contributed by atoms with Crippen molar-refractivity contribution in [3.05, 3.63) is 65.2 Å². The lowest BCUT2D eigenvalue weighted by atomic mass is 9.86. The van der Waals surface area contributed by atoms with Gasteiger partial charge >= 0.3 is 5.79 Å². The van der Waals surface area contributed by atoms with E-state index in [0.29, 0.717) is 11.3 Å². The molecule has 0 amide bonds. The van der Waals surface area contributed by atoms with Crippen molar-refractivity contribution in [1.29, 1.82) is 0 Å². The molecular formula is C18H18O5. The van der Waals surface area contributed by atoms with E-state index in [0.717, 1.165) is 5.56 Å². The minimum atomic E-state index is -2.30. The number of ether oxygens (including phenoxy) is 3. The Morgan fingerprint density at radius 3 is 2.26 bits per heavy atom. The fourth-order valence-corrected chi connectivity index (χ4v) is 2.85. The number of carbonyl (C=O) groups excluding carboxylic acids is 1. The summed E-state index contributed by atoms with van der Waals surface area (Å²) in [5.41, 5.74) is 1.76. The Balaban J connectivity index is 2.26. The Hall–Kier alpha value is -2.21. The number of hydrogen-bond donors (Lipinski definition) is 1. The van der Waals surface area contributed by atoms with Gasteiger partial charge in [0.1, 0.15) is 5.75 Å². The second-order valence-electron chi connectivity index (χ2n) is 5.46. The van der Waals surface area contributed by atoms with Crippen molar-refractivity contribution in [1.82, 2.24) is 0 Å². The first kappa shape index (κ1) is 15.7. The molecule has 0 fully saturated rings. The van der Waals surface area contributed by atoms with E-state index >= 15 is 0 Å². The van der Waals surface area contributed by atoms with Crippen molar-refractivity contribution in [3.63, 3.8) is 0 Å². The van der Waals surface area contributed by atoms with Gasteiger partial charge in [-0.1, -0.05) is 42.0 Å². The van der Waals surface area contributed by atoms with Gasteiger partial charge < -0.3 is 19.3 Å². The molecule has 0 aliphatic carbocycles. The molecule has 0 spiro atoms.